The van der Waals surface area contributed by atoms with Crippen molar-refractivity contribution in [2.24, 2.45) is 0 Å². The standard InChI is InChI=1S/C10H8F5NO4S/c11-6-2-1-5(3-7(6)12)21(19,20)16-8(4-9(17)18)10(13,14)15/h1-3,8,16H,4H2,(H,17,18)/t8-/m1/s1. The lowest BCUT2D eigenvalue weighted by Crippen LogP contribution is -2.46. The van der Waals surface area contributed by atoms with Crippen LogP contribution in [0.4, 0.5) is 22.0 Å². The second-order valence-electron chi connectivity index (χ2n) is 3.89. The third kappa shape index (κ3) is 4.63. The average Bonchev–Trinajstić information content (AvgIpc) is 2.29. The number of hydrogen-bond acceptors (Lipinski definition) is 3. The molecule has 11 heteroatoms. The average molecular weight is 333 g/mol. The Morgan fingerprint density at radius 2 is 1.81 bits per heavy atom. The van der Waals surface area contributed by atoms with E-state index in [1.807, 2.05) is 0 Å². The number of carboxylic acid groups (broad SMARTS) is 1. The highest BCUT2D eigenvalue weighted by Gasteiger charge is 2.43. The van der Waals surface area contributed by atoms with Crippen LogP contribution in [0, 0.1) is 11.6 Å². The molecule has 0 bridgehead atoms. The third-order valence-electron chi connectivity index (χ3n) is 2.27. The van der Waals surface area contributed by atoms with Crippen LogP contribution in [0.25, 0.3) is 0 Å². The summed E-state index contributed by atoms with van der Waals surface area (Å²) in [6.45, 7) is 0. The van der Waals surface area contributed by atoms with E-state index in [4.69, 9.17) is 5.11 Å². The minimum atomic E-state index is -5.16. The van der Waals surface area contributed by atoms with Crippen LogP contribution in [0.5, 0.6) is 0 Å². The summed E-state index contributed by atoms with van der Waals surface area (Å²) in [5.74, 6) is -4.84. The maximum absolute atomic E-state index is 12.9. The molecule has 0 saturated carbocycles. The molecule has 1 aromatic rings. The second kappa shape index (κ2) is 5.93. The number of sulfonamides is 1. The summed E-state index contributed by atoms with van der Waals surface area (Å²) >= 11 is 0. The maximum atomic E-state index is 12.9. The summed E-state index contributed by atoms with van der Waals surface area (Å²) in [6, 6.07) is -1.74. The molecule has 0 heterocycles. The van der Waals surface area contributed by atoms with Gasteiger partial charge in [0, 0.05) is 0 Å². The third-order valence-corrected chi connectivity index (χ3v) is 3.74. The minimum Gasteiger partial charge on any atom is -0.481 e. The summed E-state index contributed by atoms with van der Waals surface area (Å²) in [7, 11) is -4.87. The molecule has 118 valence electrons. The molecule has 2 N–H and O–H groups in total. The topological polar surface area (TPSA) is 83.5 Å². The van der Waals surface area contributed by atoms with Gasteiger partial charge >= 0.3 is 12.1 Å². The molecule has 21 heavy (non-hydrogen) atoms. The van der Waals surface area contributed by atoms with E-state index < -0.39 is 51.2 Å². The summed E-state index contributed by atoms with van der Waals surface area (Å²) in [4.78, 5) is 9.38. The van der Waals surface area contributed by atoms with Gasteiger partial charge in [-0.2, -0.15) is 17.9 Å². The zero-order valence-electron chi connectivity index (χ0n) is 9.99. The van der Waals surface area contributed by atoms with Crippen molar-refractivity contribution in [2.45, 2.75) is 23.5 Å². The van der Waals surface area contributed by atoms with E-state index >= 15 is 0 Å². The first-order chi connectivity index (χ1) is 9.43. The van der Waals surface area contributed by atoms with E-state index in [2.05, 4.69) is 0 Å². The molecule has 5 nitrogen and oxygen atoms in total. The first kappa shape index (κ1) is 17.3. The van der Waals surface area contributed by atoms with Gasteiger partial charge in [0.05, 0.1) is 11.3 Å². The molecule has 0 radical (unpaired) electrons. The summed E-state index contributed by atoms with van der Waals surface area (Å²) in [5, 5.41) is 8.35. The number of halogens is 5. The summed E-state index contributed by atoms with van der Waals surface area (Å²) < 4.78 is 87.6. The van der Waals surface area contributed by atoms with E-state index in [9.17, 15) is 35.2 Å². The molecule has 0 unspecified atom stereocenters. The molecule has 0 aromatic heterocycles. The van der Waals surface area contributed by atoms with Crippen molar-refractivity contribution in [3.05, 3.63) is 29.8 Å². The highest BCUT2D eigenvalue weighted by Crippen LogP contribution is 2.24. The number of carboxylic acids is 1. The summed E-state index contributed by atoms with van der Waals surface area (Å²) in [5.41, 5.74) is 0. The first-order valence-corrected chi connectivity index (χ1v) is 6.67. The van der Waals surface area contributed by atoms with Crippen LogP contribution in [0.1, 0.15) is 6.42 Å². The largest absolute Gasteiger partial charge is 0.481 e. The van der Waals surface area contributed by atoms with Crippen LogP contribution in [-0.4, -0.2) is 31.7 Å². The molecule has 1 aromatic carbocycles. The lowest BCUT2D eigenvalue weighted by atomic mass is 10.2. The molecule has 0 fully saturated rings. The van der Waals surface area contributed by atoms with Crippen molar-refractivity contribution in [3.63, 3.8) is 0 Å². The second-order valence-corrected chi connectivity index (χ2v) is 5.60. The fourth-order valence-corrected chi connectivity index (χ4v) is 2.53. The van der Waals surface area contributed by atoms with E-state index in [0.717, 1.165) is 4.72 Å². The molecule has 0 aliphatic heterocycles. The Balaban J connectivity index is 3.11. The van der Waals surface area contributed by atoms with Gasteiger partial charge in [0.15, 0.2) is 11.6 Å². The molecule has 0 aliphatic carbocycles. The number of benzene rings is 1. The number of aliphatic carboxylic acids is 1. The Bertz CT molecular complexity index is 643. The zero-order valence-corrected chi connectivity index (χ0v) is 10.8. The van der Waals surface area contributed by atoms with Gasteiger partial charge < -0.3 is 5.11 Å². The molecule has 0 amide bonds. The SMILES string of the molecule is O=C(O)C[C@@H](NS(=O)(=O)c1ccc(F)c(F)c1)C(F)(F)F. The van der Waals surface area contributed by atoms with E-state index in [1.165, 1.54) is 0 Å². The van der Waals surface area contributed by atoms with Crippen molar-refractivity contribution in [3.8, 4) is 0 Å². The Labute approximate surface area is 115 Å². The number of hydrogen-bond donors (Lipinski definition) is 2. The van der Waals surface area contributed by atoms with Crippen LogP contribution in [0.15, 0.2) is 23.1 Å². The fourth-order valence-electron chi connectivity index (χ4n) is 1.30. The quantitative estimate of drug-likeness (QED) is 0.803. The van der Waals surface area contributed by atoms with Gasteiger partial charge in [-0.05, 0) is 18.2 Å². The van der Waals surface area contributed by atoms with Gasteiger partial charge in [-0.15, -0.1) is 0 Å². The van der Waals surface area contributed by atoms with Crippen LogP contribution >= 0.6 is 0 Å². The van der Waals surface area contributed by atoms with Crippen molar-refractivity contribution in [1.82, 2.24) is 4.72 Å². The first-order valence-electron chi connectivity index (χ1n) is 5.19. The van der Waals surface area contributed by atoms with Crippen LogP contribution in [-0.2, 0) is 14.8 Å². The Kier molecular flexibility index (Phi) is 4.89. The van der Waals surface area contributed by atoms with E-state index in [0.29, 0.717) is 12.1 Å². The molecule has 0 aliphatic rings. The van der Waals surface area contributed by atoms with Gasteiger partial charge in [0.2, 0.25) is 10.0 Å². The van der Waals surface area contributed by atoms with Gasteiger partial charge in [-0.25, -0.2) is 17.2 Å². The zero-order chi connectivity index (χ0) is 16.4. The maximum Gasteiger partial charge on any atom is 0.405 e. The molecule has 0 saturated heterocycles. The van der Waals surface area contributed by atoms with E-state index in [-0.39, 0.29) is 6.07 Å². The highest BCUT2D eigenvalue weighted by atomic mass is 32.2. The Morgan fingerprint density at radius 1 is 1.24 bits per heavy atom. The van der Waals surface area contributed by atoms with Gasteiger partial charge in [0.1, 0.15) is 6.04 Å². The smallest absolute Gasteiger partial charge is 0.405 e. The van der Waals surface area contributed by atoms with Crippen molar-refractivity contribution in [1.29, 1.82) is 0 Å². The van der Waals surface area contributed by atoms with Gasteiger partial charge in [0.25, 0.3) is 0 Å². The van der Waals surface area contributed by atoms with Crippen LogP contribution in [0.2, 0.25) is 0 Å². The molecular weight excluding hydrogens is 325 g/mol. The minimum absolute atomic E-state index is 0.186. The number of nitrogens with one attached hydrogen (secondary N) is 1. The van der Waals surface area contributed by atoms with Crippen molar-refractivity contribution >= 4 is 16.0 Å². The molecular formula is C10H8F5NO4S. The van der Waals surface area contributed by atoms with Crippen LogP contribution < -0.4 is 4.72 Å². The molecule has 1 atom stereocenters. The normalized spacial score (nSPS) is 14.0. The van der Waals surface area contributed by atoms with E-state index in [1.54, 1.807) is 0 Å². The highest BCUT2D eigenvalue weighted by molar-refractivity contribution is 7.89. The monoisotopic (exact) mass is 333 g/mol. The lowest BCUT2D eigenvalue weighted by molar-refractivity contribution is -0.163. The molecule has 0 spiro atoms. The number of rotatable bonds is 5. The predicted molar refractivity (Wildman–Crippen MR) is 58.8 cm³/mol. The van der Waals surface area contributed by atoms with Gasteiger partial charge in [-0.3, -0.25) is 4.79 Å². The number of alkyl halides is 3. The molecule has 1 rings (SSSR count). The van der Waals surface area contributed by atoms with Gasteiger partial charge in [-0.1, -0.05) is 0 Å². The van der Waals surface area contributed by atoms with Crippen molar-refractivity contribution < 1.29 is 40.3 Å². The Morgan fingerprint density at radius 3 is 2.24 bits per heavy atom. The lowest BCUT2D eigenvalue weighted by Gasteiger charge is -2.19. The fraction of sp³-hybridized carbons (Fsp3) is 0.300. The Hall–Kier alpha value is -1.75. The summed E-state index contributed by atoms with van der Waals surface area (Å²) in [6.07, 6.45) is -6.71. The van der Waals surface area contributed by atoms with Crippen LogP contribution in [0.3, 0.4) is 0 Å². The predicted octanol–water partition coefficient (Wildman–Crippen LogP) is 1.65. The number of carbonyl (C=O) groups is 1. The van der Waals surface area contributed by atoms with Crippen molar-refractivity contribution in [2.75, 3.05) is 0 Å².